The van der Waals surface area contributed by atoms with E-state index in [0.717, 1.165) is 12.1 Å². The molecule has 0 bridgehead atoms. The summed E-state index contributed by atoms with van der Waals surface area (Å²) >= 11 is 1.97. The monoisotopic (exact) mass is 323 g/mol. The van der Waals surface area contributed by atoms with Gasteiger partial charge in [0.2, 0.25) is 0 Å². The van der Waals surface area contributed by atoms with E-state index in [2.05, 4.69) is 42.2 Å². The molecule has 2 aliphatic rings. The summed E-state index contributed by atoms with van der Waals surface area (Å²) in [6, 6.07) is 11.0. The number of para-hydroxylation sites is 1. The van der Waals surface area contributed by atoms with Crippen LogP contribution in [0.4, 0.5) is 5.69 Å². The average molecular weight is 323 g/mol. The lowest BCUT2D eigenvalue weighted by Gasteiger charge is -2.43. The molecule has 2 aromatic heterocycles. The molecule has 0 atom stereocenters. The van der Waals surface area contributed by atoms with Gasteiger partial charge >= 0.3 is 0 Å². The Bertz CT molecular complexity index is 869. The number of hydrogen-bond donors (Lipinski definition) is 0. The van der Waals surface area contributed by atoms with E-state index in [0.29, 0.717) is 0 Å². The summed E-state index contributed by atoms with van der Waals surface area (Å²) < 4.78 is 7.16. The van der Waals surface area contributed by atoms with Crippen LogP contribution >= 0.6 is 11.3 Å². The highest BCUT2D eigenvalue weighted by Crippen LogP contribution is 2.55. The third-order valence-corrected chi connectivity index (χ3v) is 7.10. The molecule has 5 rings (SSSR count). The predicted molar refractivity (Wildman–Crippen MR) is 96.2 cm³/mol. The zero-order valence-electron chi connectivity index (χ0n) is 13.5. The maximum atomic E-state index is 5.83. The van der Waals surface area contributed by atoms with Crippen LogP contribution in [0.5, 0.6) is 0 Å². The molecule has 3 aromatic rings. The molecule has 1 aliphatic heterocycles. The van der Waals surface area contributed by atoms with Crippen LogP contribution in [-0.2, 0) is 12.1 Å². The fourth-order valence-corrected chi connectivity index (χ4v) is 6.03. The van der Waals surface area contributed by atoms with E-state index in [1.54, 1.807) is 4.88 Å². The van der Waals surface area contributed by atoms with Crippen molar-refractivity contribution in [1.29, 1.82) is 0 Å². The summed E-state index contributed by atoms with van der Waals surface area (Å²) in [7, 11) is 0. The molecule has 1 fully saturated rings. The van der Waals surface area contributed by atoms with Gasteiger partial charge in [0.1, 0.15) is 5.58 Å². The van der Waals surface area contributed by atoms with Crippen molar-refractivity contribution >= 4 is 27.3 Å². The molecule has 3 heterocycles. The van der Waals surface area contributed by atoms with Crippen molar-refractivity contribution in [2.45, 2.75) is 51.1 Å². The largest absolute Gasteiger partial charge is 0.463 e. The smallest absolute Gasteiger partial charge is 0.149 e. The number of furan rings is 1. The fraction of sp³-hybridized carbons (Fsp3) is 0.400. The lowest BCUT2D eigenvalue weighted by molar-refractivity contribution is 0.297. The Morgan fingerprint density at radius 1 is 1.09 bits per heavy atom. The first-order valence-corrected chi connectivity index (χ1v) is 9.44. The minimum absolute atomic E-state index is 0.200. The summed E-state index contributed by atoms with van der Waals surface area (Å²) in [4.78, 5) is 4.26. The fourth-order valence-electron chi connectivity index (χ4n) is 4.64. The number of aryl methyl sites for hydroxylation is 1. The highest BCUT2D eigenvalue weighted by molar-refractivity contribution is 7.19. The second kappa shape index (κ2) is 4.88. The first-order chi connectivity index (χ1) is 11.3. The third-order valence-electron chi connectivity index (χ3n) is 5.73. The second-order valence-electron chi connectivity index (χ2n) is 6.99. The number of thiophene rings is 1. The van der Waals surface area contributed by atoms with Crippen molar-refractivity contribution in [2.75, 3.05) is 4.90 Å². The Morgan fingerprint density at radius 3 is 2.74 bits per heavy atom. The Kier molecular flexibility index (Phi) is 2.90. The molecule has 0 saturated heterocycles. The van der Waals surface area contributed by atoms with Crippen LogP contribution < -0.4 is 4.90 Å². The standard InChI is InChI=1S/C20H21NOS/c1-14-7-3-4-8-16(14)21-13-15-18-17(9-12-22-18)23-19(15)20(21)10-5-2-6-11-20/h3-4,7-9,12H,2,5-6,10-11,13H2,1H3. The summed E-state index contributed by atoms with van der Waals surface area (Å²) in [5.74, 6) is 0. The maximum Gasteiger partial charge on any atom is 0.149 e. The van der Waals surface area contributed by atoms with Crippen LogP contribution in [0.25, 0.3) is 10.3 Å². The molecule has 0 amide bonds. The van der Waals surface area contributed by atoms with Crippen molar-refractivity contribution in [3.8, 4) is 0 Å². The third kappa shape index (κ3) is 1.80. The molecule has 3 heteroatoms. The highest BCUT2D eigenvalue weighted by atomic mass is 32.1. The SMILES string of the molecule is Cc1ccccc1N1Cc2c(sc3ccoc23)C12CCCCC2. The topological polar surface area (TPSA) is 16.4 Å². The van der Waals surface area contributed by atoms with Gasteiger partial charge in [-0.05, 0) is 37.5 Å². The van der Waals surface area contributed by atoms with Gasteiger partial charge in [-0.25, -0.2) is 0 Å². The van der Waals surface area contributed by atoms with E-state index < -0.39 is 0 Å². The predicted octanol–water partition coefficient (Wildman–Crippen LogP) is 5.98. The molecule has 1 aromatic carbocycles. The van der Waals surface area contributed by atoms with Crippen molar-refractivity contribution in [3.05, 3.63) is 52.6 Å². The van der Waals surface area contributed by atoms with E-state index in [1.165, 1.54) is 53.6 Å². The zero-order chi connectivity index (χ0) is 15.4. The lowest BCUT2D eigenvalue weighted by Crippen LogP contribution is -2.42. The number of anilines is 1. The van der Waals surface area contributed by atoms with Crippen LogP contribution in [0.1, 0.15) is 48.1 Å². The van der Waals surface area contributed by atoms with Gasteiger partial charge in [0, 0.05) is 22.7 Å². The van der Waals surface area contributed by atoms with Crippen molar-refractivity contribution < 1.29 is 4.42 Å². The van der Waals surface area contributed by atoms with Gasteiger partial charge in [0.15, 0.2) is 0 Å². The molecule has 0 N–H and O–H groups in total. The summed E-state index contributed by atoms with van der Waals surface area (Å²) in [5.41, 5.74) is 5.55. The summed E-state index contributed by atoms with van der Waals surface area (Å²) in [6.07, 6.45) is 8.43. The van der Waals surface area contributed by atoms with Crippen molar-refractivity contribution in [2.24, 2.45) is 0 Å². The van der Waals surface area contributed by atoms with E-state index in [4.69, 9.17) is 4.42 Å². The Hall–Kier alpha value is -1.74. The maximum absolute atomic E-state index is 5.83. The van der Waals surface area contributed by atoms with Crippen LogP contribution in [-0.4, -0.2) is 0 Å². The van der Waals surface area contributed by atoms with E-state index >= 15 is 0 Å². The normalized spacial score (nSPS) is 19.6. The molecule has 0 radical (unpaired) electrons. The number of hydrogen-bond acceptors (Lipinski definition) is 3. The first-order valence-electron chi connectivity index (χ1n) is 8.62. The number of fused-ring (bicyclic) bond motifs is 4. The van der Waals surface area contributed by atoms with Crippen LogP contribution in [0.15, 0.2) is 41.0 Å². The molecule has 1 spiro atoms. The average Bonchev–Trinajstić information content (AvgIpc) is 3.22. The van der Waals surface area contributed by atoms with Crippen LogP contribution in [0.2, 0.25) is 0 Å². The molecular weight excluding hydrogens is 302 g/mol. The molecule has 2 nitrogen and oxygen atoms in total. The van der Waals surface area contributed by atoms with Gasteiger partial charge in [-0.15, -0.1) is 11.3 Å². The summed E-state index contributed by atoms with van der Waals surface area (Å²) in [5, 5.41) is 0. The minimum Gasteiger partial charge on any atom is -0.463 e. The van der Waals surface area contributed by atoms with Gasteiger partial charge in [-0.3, -0.25) is 0 Å². The number of nitrogens with zero attached hydrogens (tertiary/aromatic N) is 1. The van der Waals surface area contributed by atoms with Gasteiger partial charge in [0.05, 0.1) is 16.5 Å². The molecule has 23 heavy (non-hydrogen) atoms. The van der Waals surface area contributed by atoms with Crippen molar-refractivity contribution in [3.63, 3.8) is 0 Å². The first kappa shape index (κ1) is 13.7. The quantitative estimate of drug-likeness (QED) is 0.547. The molecule has 1 aliphatic carbocycles. The van der Waals surface area contributed by atoms with Crippen molar-refractivity contribution in [1.82, 2.24) is 0 Å². The second-order valence-corrected chi connectivity index (χ2v) is 8.04. The Morgan fingerprint density at radius 2 is 1.91 bits per heavy atom. The molecule has 1 saturated carbocycles. The van der Waals surface area contributed by atoms with Gasteiger partial charge in [0.25, 0.3) is 0 Å². The van der Waals surface area contributed by atoms with E-state index in [1.807, 2.05) is 17.6 Å². The van der Waals surface area contributed by atoms with Gasteiger partial charge in [-0.1, -0.05) is 37.5 Å². The summed E-state index contributed by atoms with van der Waals surface area (Å²) in [6.45, 7) is 3.23. The van der Waals surface area contributed by atoms with Gasteiger partial charge in [-0.2, -0.15) is 0 Å². The number of benzene rings is 1. The molecule has 0 unspecified atom stereocenters. The van der Waals surface area contributed by atoms with E-state index in [-0.39, 0.29) is 5.54 Å². The number of rotatable bonds is 1. The zero-order valence-corrected chi connectivity index (χ0v) is 14.3. The lowest BCUT2D eigenvalue weighted by atomic mass is 9.80. The Balaban J connectivity index is 1.72. The molecular formula is C20H21NOS. The van der Waals surface area contributed by atoms with Crippen LogP contribution in [0, 0.1) is 6.92 Å². The highest BCUT2D eigenvalue weighted by Gasteiger charge is 2.48. The Labute approximate surface area is 140 Å². The van der Waals surface area contributed by atoms with Crippen LogP contribution in [0.3, 0.4) is 0 Å². The molecule has 118 valence electrons. The minimum atomic E-state index is 0.200. The van der Waals surface area contributed by atoms with E-state index in [9.17, 15) is 0 Å². The van der Waals surface area contributed by atoms with Gasteiger partial charge < -0.3 is 9.32 Å².